The Balaban J connectivity index is 1.90. The molecule has 33 heavy (non-hydrogen) atoms. The third kappa shape index (κ3) is 3.46. The molecule has 5 rings (SSSR count). The number of nitriles is 2. The Kier molecular flexibility index (Phi) is 4.99. The lowest BCUT2D eigenvalue weighted by Crippen LogP contribution is -1.91. The number of aromatic nitrogens is 2. The fourth-order valence-electron chi connectivity index (χ4n) is 4.11. The van der Waals surface area contributed by atoms with Gasteiger partial charge in [0.25, 0.3) is 0 Å². The molecule has 0 atom stereocenters. The molecule has 4 nitrogen and oxygen atoms in total. The molecule has 1 heterocycles. The predicted octanol–water partition coefficient (Wildman–Crippen LogP) is 6.94. The zero-order valence-corrected chi connectivity index (χ0v) is 18.7. The average molecular weight is 445 g/mol. The molecule has 156 valence electrons. The van der Waals surface area contributed by atoms with Crippen molar-refractivity contribution < 1.29 is 0 Å². The van der Waals surface area contributed by atoms with Crippen molar-refractivity contribution in [3.05, 3.63) is 76.3 Å². The van der Waals surface area contributed by atoms with E-state index in [9.17, 15) is 10.5 Å². The number of hydrogen-bond acceptors (Lipinski definition) is 3. The average Bonchev–Trinajstić information content (AvgIpc) is 3.27. The van der Waals surface area contributed by atoms with Gasteiger partial charge in [-0.3, -0.25) is 0 Å². The third-order valence-electron chi connectivity index (χ3n) is 5.57. The summed E-state index contributed by atoms with van der Waals surface area (Å²) in [5.74, 6) is 7.23. The molecule has 1 aromatic heterocycles. The molecule has 0 aliphatic rings. The number of nitrogens with one attached hydrogen (secondary N) is 1. The zero-order valence-electron chi connectivity index (χ0n) is 18.0. The number of benzene rings is 4. The smallest absolute Gasteiger partial charge is 0.141 e. The number of aromatic amines is 1. The highest BCUT2D eigenvalue weighted by atomic mass is 35.5. The number of rotatable bonds is 1. The van der Waals surface area contributed by atoms with Crippen LogP contribution in [-0.2, 0) is 0 Å². The molecule has 5 aromatic rings. The largest absolute Gasteiger partial charge is 0.337 e. The van der Waals surface area contributed by atoms with E-state index in [2.05, 4.69) is 48.9 Å². The third-order valence-corrected chi connectivity index (χ3v) is 5.80. The van der Waals surface area contributed by atoms with E-state index in [1.165, 1.54) is 0 Å². The Morgan fingerprint density at radius 2 is 1.58 bits per heavy atom. The maximum Gasteiger partial charge on any atom is 0.141 e. The van der Waals surface area contributed by atoms with Gasteiger partial charge in [0.1, 0.15) is 5.82 Å². The van der Waals surface area contributed by atoms with Crippen molar-refractivity contribution in [2.75, 3.05) is 0 Å². The molecule has 0 spiro atoms. The van der Waals surface area contributed by atoms with E-state index in [0.29, 0.717) is 27.5 Å². The number of halogens is 1. The molecule has 1 N–H and O–H groups in total. The summed E-state index contributed by atoms with van der Waals surface area (Å²) in [5, 5.41) is 23.8. The van der Waals surface area contributed by atoms with Crippen LogP contribution in [0.5, 0.6) is 0 Å². The van der Waals surface area contributed by atoms with E-state index in [4.69, 9.17) is 16.6 Å². The molecule has 0 unspecified atom stereocenters. The van der Waals surface area contributed by atoms with Crippen molar-refractivity contribution in [1.29, 1.82) is 10.5 Å². The molecule has 0 fully saturated rings. The summed E-state index contributed by atoms with van der Waals surface area (Å²) in [6, 6.07) is 21.3. The van der Waals surface area contributed by atoms with Crippen LogP contribution in [0.15, 0.2) is 54.6 Å². The predicted molar refractivity (Wildman–Crippen MR) is 133 cm³/mol. The molecular weight excluding hydrogens is 428 g/mol. The van der Waals surface area contributed by atoms with Crippen LogP contribution in [-0.4, -0.2) is 9.97 Å². The number of imidazole rings is 1. The number of hydrogen-bond donors (Lipinski definition) is 1. The van der Waals surface area contributed by atoms with Gasteiger partial charge in [0.05, 0.1) is 39.9 Å². The van der Waals surface area contributed by atoms with Gasteiger partial charge in [-0.15, -0.1) is 0 Å². The van der Waals surface area contributed by atoms with Gasteiger partial charge in [0, 0.05) is 27.3 Å². The topological polar surface area (TPSA) is 76.3 Å². The van der Waals surface area contributed by atoms with Crippen molar-refractivity contribution in [2.45, 2.75) is 13.8 Å². The van der Waals surface area contributed by atoms with Crippen molar-refractivity contribution in [1.82, 2.24) is 9.97 Å². The Labute approximate surface area is 196 Å². The minimum Gasteiger partial charge on any atom is -0.337 e. The van der Waals surface area contributed by atoms with E-state index in [1.807, 2.05) is 30.3 Å². The zero-order chi connectivity index (χ0) is 23.1. The van der Waals surface area contributed by atoms with Crippen LogP contribution < -0.4 is 0 Å². The SMILES string of the molecule is CC(C)C#Cc1ccc2c(c1)c1cc(Cl)ccc1c1nc(-c3c(C#N)cccc3C#N)[nH]c21. The highest BCUT2D eigenvalue weighted by Crippen LogP contribution is 2.37. The van der Waals surface area contributed by atoms with E-state index in [0.717, 1.165) is 38.1 Å². The van der Waals surface area contributed by atoms with Crippen LogP contribution >= 0.6 is 11.6 Å². The molecule has 4 aromatic carbocycles. The van der Waals surface area contributed by atoms with Crippen LogP contribution in [0.3, 0.4) is 0 Å². The van der Waals surface area contributed by atoms with Gasteiger partial charge in [-0.1, -0.05) is 55.5 Å². The summed E-state index contributed by atoms with van der Waals surface area (Å²) in [6.45, 7) is 4.13. The minimum absolute atomic E-state index is 0.277. The highest BCUT2D eigenvalue weighted by Gasteiger charge is 2.18. The highest BCUT2D eigenvalue weighted by molar-refractivity contribution is 6.33. The Hall–Kier alpha value is -4.30. The molecule has 0 saturated carbocycles. The van der Waals surface area contributed by atoms with E-state index in [-0.39, 0.29) is 5.92 Å². The molecule has 0 aliphatic heterocycles. The Morgan fingerprint density at radius 1 is 0.879 bits per heavy atom. The van der Waals surface area contributed by atoms with Gasteiger partial charge in [-0.25, -0.2) is 4.98 Å². The lowest BCUT2D eigenvalue weighted by molar-refractivity contribution is 0.866. The molecular formula is C28H17ClN4. The van der Waals surface area contributed by atoms with Gasteiger partial charge in [-0.2, -0.15) is 10.5 Å². The van der Waals surface area contributed by atoms with Gasteiger partial charge in [0.2, 0.25) is 0 Å². The van der Waals surface area contributed by atoms with Gasteiger partial charge in [-0.05, 0) is 47.2 Å². The lowest BCUT2D eigenvalue weighted by Gasteiger charge is -2.07. The van der Waals surface area contributed by atoms with E-state index in [1.54, 1.807) is 18.2 Å². The van der Waals surface area contributed by atoms with Crippen molar-refractivity contribution in [3.63, 3.8) is 0 Å². The number of fused-ring (bicyclic) bond motifs is 6. The maximum absolute atomic E-state index is 9.64. The standard InChI is InChI=1S/C28H17ClN4/c1-16(2)6-7-17-8-10-21-23(12-17)24-13-20(29)9-11-22(24)27-26(21)32-28(33-27)25-18(14-30)4-3-5-19(25)15-31/h3-5,8-13,16H,1-2H3,(H,32,33). The second-order valence-electron chi connectivity index (χ2n) is 8.14. The monoisotopic (exact) mass is 444 g/mol. The molecule has 0 radical (unpaired) electrons. The maximum atomic E-state index is 9.64. The molecule has 5 heteroatoms. The first kappa shape index (κ1) is 20.6. The van der Waals surface area contributed by atoms with Crippen LogP contribution in [0.1, 0.15) is 30.5 Å². The second kappa shape index (κ2) is 7.99. The summed E-state index contributed by atoms with van der Waals surface area (Å²) < 4.78 is 0. The normalized spacial score (nSPS) is 10.8. The fourth-order valence-corrected chi connectivity index (χ4v) is 4.28. The van der Waals surface area contributed by atoms with E-state index >= 15 is 0 Å². The first-order valence-corrected chi connectivity index (χ1v) is 10.9. The summed E-state index contributed by atoms with van der Waals surface area (Å²) in [7, 11) is 0. The van der Waals surface area contributed by atoms with E-state index < -0.39 is 0 Å². The molecule has 0 bridgehead atoms. The summed E-state index contributed by atoms with van der Waals surface area (Å²) in [4.78, 5) is 8.26. The van der Waals surface area contributed by atoms with Crippen molar-refractivity contribution >= 4 is 44.2 Å². The number of H-pyrrole nitrogens is 1. The van der Waals surface area contributed by atoms with Crippen LogP contribution in [0.2, 0.25) is 5.02 Å². The molecule has 0 amide bonds. The van der Waals surface area contributed by atoms with Gasteiger partial charge in [0.15, 0.2) is 0 Å². The van der Waals surface area contributed by atoms with Crippen LogP contribution in [0.25, 0.3) is 44.0 Å². The second-order valence-corrected chi connectivity index (χ2v) is 8.57. The van der Waals surface area contributed by atoms with Gasteiger partial charge < -0.3 is 4.98 Å². The Morgan fingerprint density at radius 3 is 2.27 bits per heavy atom. The summed E-state index contributed by atoms with van der Waals surface area (Å²) >= 11 is 6.36. The van der Waals surface area contributed by atoms with Crippen LogP contribution in [0, 0.1) is 40.4 Å². The first-order valence-electron chi connectivity index (χ1n) is 10.5. The first-order chi connectivity index (χ1) is 16.0. The quantitative estimate of drug-likeness (QED) is 0.224. The summed E-state index contributed by atoms with van der Waals surface area (Å²) in [5.41, 5.74) is 3.84. The minimum atomic E-state index is 0.277. The summed E-state index contributed by atoms with van der Waals surface area (Å²) in [6.07, 6.45) is 0. The van der Waals surface area contributed by atoms with Crippen LogP contribution in [0.4, 0.5) is 0 Å². The Bertz CT molecular complexity index is 1700. The van der Waals surface area contributed by atoms with Crippen molar-refractivity contribution in [2.24, 2.45) is 5.92 Å². The van der Waals surface area contributed by atoms with Gasteiger partial charge >= 0.3 is 0 Å². The number of nitrogens with zero attached hydrogens (tertiary/aromatic N) is 3. The lowest BCUT2D eigenvalue weighted by atomic mass is 9.98. The molecule has 0 aliphatic carbocycles. The molecule has 0 saturated heterocycles. The van der Waals surface area contributed by atoms with Crippen molar-refractivity contribution in [3.8, 4) is 35.4 Å². The fraction of sp³-hybridized carbons (Fsp3) is 0.107.